The second kappa shape index (κ2) is 12.7. The number of carbonyl (C=O) groups excluding carboxylic acids is 1. The zero-order valence-corrected chi connectivity index (χ0v) is 20.9. The minimum Gasteiger partial charge on any atom is -0.370 e. The highest BCUT2D eigenvalue weighted by Crippen LogP contribution is 2.25. The molecule has 0 bridgehead atoms. The van der Waals surface area contributed by atoms with E-state index in [9.17, 15) is 4.79 Å². The van der Waals surface area contributed by atoms with E-state index in [1.807, 2.05) is 24.3 Å². The number of guanidine groups is 1. The molecule has 7 heteroatoms. The molecular weight excluding hydrogens is 503 g/mol. The summed E-state index contributed by atoms with van der Waals surface area (Å²) in [5, 5.41) is 6.09. The standard InChI is InChI=1S/C24H32N4O2.HI/c1-4-26-24(27-13-12-19-9-7-10-20(16-19)23(29)25-3)28-14-15-30-22(17-28)21-11-6-5-8-18(21)2;/h5-11,16,22H,4,12-15,17H2,1-3H3,(H,25,29)(H,26,27);1H. The first-order chi connectivity index (χ1) is 14.6. The number of aryl methyl sites for hydroxylation is 1. The average molecular weight is 536 g/mol. The summed E-state index contributed by atoms with van der Waals surface area (Å²) >= 11 is 0. The quantitative estimate of drug-likeness (QED) is 0.337. The van der Waals surface area contributed by atoms with Crippen LogP contribution in [-0.4, -0.2) is 56.6 Å². The van der Waals surface area contributed by atoms with Crippen molar-refractivity contribution in [2.75, 3.05) is 39.8 Å². The Balaban J connectivity index is 0.00000341. The highest BCUT2D eigenvalue weighted by atomic mass is 127. The number of ether oxygens (including phenoxy) is 1. The Kier molecular flexibility index (Phi) is 10.3. The molecule has 0 aliphatic carbocycles. The summed E-state index contributed by atoms with van der Waals surface area (Å²) in [7, 11) is 1.65. The molecule has 1 saturated heterocycles. The molecule has 31 heavy (non-hydrogen) atoms. The van der Waals surface area contributed by atoms with Gasteiger partial charge in [-0.3, -0.25) is 9.79 Å². The summed E-state index contributed by atoms with van der Waals surface area (Å²) in [6, 6.07) is 16.1. The number of halogens is 1. The van der Waals surface area contributed by atoms with E-state index in [1.165, 1.54) is 11.1 Å². The van der Waals surface area contributed by atoms with E-state index in [2.05, 4.69) is 53.6 Å². The third kappa shape index (κ3) is 6.93. The van der Waals surface area contributed by atoms with E-state index in [1.54, 1.807) is 7.05 Å². The molecule has 0 saturated carbocycles. The molecule has 2 aromatic rings. The van der Waals surface area contributed by atoms with E-state index in [-0.39, 0.29) is 36.0 Å². The van der Waals surface area contributed by atoms with Gasteiger partial charge in [0.15, 0.2) is 5.96 Å². The third-order valence-electron chi connectivity index (χ3n) is 5.31. The molecule has 0 radical (unpaired) electrons. The average Bonchev–Trinajstić information content (AvgIpc) is 2.78. The predicted molar refractivity (Wildman–Crippen MR) is 136 cm³/mol. The Labute approximate surface area is 202 Å². The summed E-state index contributed by atoms with van der Waals surface area (Å²) in [5.41, 5.74) is 4.28. The van der Waals surface area contributed by atoms with E-state index < -0.39 is 0 Å². The van der Waals surface area contributed by atoms with Crippen LogP contribution < -0.4 is 10.6 Å². The van der Waals surface area contributed by atoms with Crippen molar-refractivity contribution >= 4 is 35.8 Å². The molecule has 1 amide bonds. The van der Waals surface area contributed by atoms with Crippen molar-refractivity contribution in [3.05, 3.63) is 70.8 Å². The Hall–Kier alpha value is -2.13. The molecule has 0 spiro atoms. The summed E-state index contributed by atoms with van der Waals surface area (Å²) in [6.45, 7) is 7.97. The molecule has 1 aliphatic rings. The van der Waals surface area contributed by atoms with Gasteiger partial charge in [-0.15, -0.1) is 24.0 Å². The second-order valence-electron chi connectivity index (χ2n) is 7.43. The normalized spacial score (nSPS) is 16.4. The Bertz CT molecular complexity index is 887. The molecule has 3 rings (SSSR count). The molecule has 168 valence electrons. The van der Waals surface area contributed by atoms with Gasteiger partial charge in [-0.05, 0) is 49.1 Å². The van der Waals surface area contributed by atoms with Crippen molar-refractivity contribution < 1.29 is 9.53 Å². The zero-order chi connectivity index (χ0) is 21.3. The molecule has 2 aromatic carbocycles. The molecular formula is C24H33IN4O2. The molecule has 6 nitrogen and oxygen atoms in total. The maximum absolute atomic E-state index is 11.8. The number of amides is 1. The van der Waals surface area contributed by atoms with Crippen LogP contribution in [0.1, 0.15) is 40.1 Å². The van der Waals surface area contributed by atoms with Gasteiger partial charge in [0.1, 0.15) is 6.10 Å². The number of morpholine rings is 1. The van der Waals surface area contributed by atoms with E-state index in [0.29, 0.717) is 18.7 Å². The number of hydrogen-bond donors (Lipinski definition) is 2. The van der Waals surface area contributed by atoms with Crippen LogP contribution >= 0.6 is 24.0 Å². The fourth-order valence-electron chi connectivity index (χ4n) is 3.71. The van der Waals surface area contributed by atoms with Crippen LogP contribution in [0, 0.1) is 6.92 Å². The molecule has 1 unspecified atom stereocenters. The summed E-state index contributed by atoms with van der Waals surface area (Å²) in [6.07, 6.45) is 0.832. The highest BCUT2D eigenvalue weighted by Gasteiger charge is 2.25. The molecule has 1 aliphatic heterocycles. The number of carbonyl (C=O) groups is 1. The van der Waals surface area contributed by atoms with Gasteiger partial charge in [0.25, 0.3) is 5.91 Å². The van der Waals surface area contributed by atoms with Gasteiger partial charge >= 0.3 is 0 Å². The maximum Gasteiger partial charge on any atom is 0.251 e. The first-order valence-electron chi connectivity index (χ1n) is 10.6. The lowest BCUT2D eigenvalue weighted by Gasteiger charge is -2.35. The minimum absolute atomic E-state index is 0. The first kappa shape index (κ1) is 25.1. The van der Waals surface area contributed by atoms with Crippen LogP contribution in [0.3, 0.4) is 0 Å². The first-order valence-corrected chi connectivity index (χ1v) is 10.6. The number of nitrogens with zero attached hydrogens (tertiary/aromatic N) is 2. The van der Waals surface area contributed by atoms with Crippen molar-refractivity contribution in [3.8, 4) is 0 Å². The Morgan fingerprint density at radius 3 is 2.77 bits per heavy atom. The molecule has 2 N–H and O–H groups in total. The van der Waals surface area contributed by atoms with Crippen molar-refractivity contribution in [1.29, 1.82) is 0 Å². The number of rotatable bonds is 6. The summed E-state index contributed by atoms with van der Waals surface area (Å²) < 4.78 is 6.06. The molecule has 1 atom stereocenters. The lowest BCUT2D eigenvalue weighted by Crippen LogP contribution is -2.48. The molecule has 1 fully saturated rings. The monoisotopic (exact) mass is 536 g/mol. The Morgan fingerprint density at radius 2 is 2.03 bits per heavy atom. The van der Waals surface area contributed by atoms with Crippen LogP contribution in [0.2, 0.25) is 0 Å². The number of aliphatic imine (C=N–C) groups is 1. The SMILES string of the molecule is CCNC(=NCCc1cccc(C(=O)NC)c1)N1CCOC(c2ccccc2C)C1.I. The van der Waals surface area contributed by atoms with Gasteiger partial charge in [0.05, 0.1) is 13.2 Å². The van der Waals surface area contributed by atoms with Gasteiger partial charge in [-0.25, -0.2) is 0 Å². The minimum atomic E-state index is -0.0655. The number of nitrogens with one attached hydrogen (secondary N) is 2. The van der Waals surface area contributed by atoms with Gasteiger partial charge in [0, 0.05) is 32.2 Å². The largest absolute Gasteiger partial charge is 0.370 e. The lowest BCUT2D eigenvalue weighted by molar-refractivity contribution is -0.00832. The zero-order valence-electron chi connectivity index (χ0n) is 18.6. The number of benzene rings is 2. The topological polar surface area (TPSA) is 66.0 Å². The van der Waals surface area contributed by atoms with E-state index >= 15 is 0 Å². The lowest BCUT2D eigenvalue weighted by atomic mass is 10.0. The van der Waals surface area contributed by atoms with Gasteiger partial charge < -0.3 is 20.3 Å². The van der Waals surface area contributed by atoms with Crippen molar-refractivity contribution in [3.63, 3.8) is 0 Å². The van der Waals surface area contributed by atoms with Crippen molar-refractivity contribution in [1.82, 2.24) is 15.5 Å². The van der Waals surface area contributed by atoms with Crippen LogP contribution in [0.4, 0.5) is 0 Å². The molecule has 1 heterocycles. The van der Waals surface area contributed by atoms with Crippen LogP contribution in [0.5, 0.6) is 0 Å². The van der Waals surface area contributed by atoms with E-state index in [4.69, 9.17) is 9.73 Å². The van der Waals surface area contributed by atoms with Crippen LogP contribution in [0.25, 0.3) is 0 Å². The van der Waals surface area contributed by atoms with Gasteiger partial charge in [-0.2, -0.15) is 0 Å². The number of hydrogen-bond acceptors (Lipinski definition) is 3. The third-order valence-corrected chi connectivity index (χ3v) is 5.31. The molecule has 0 aromatic heterocycles. The van der Waals surface area contributed by atoms with Gasteiger partial charge in [0.2, 0.25) is 0 Å². The fraction of sp³-hybridized carbons (Fsp3) is 0.417. The van der Waals surface area contributed by atoms with E-state index in [0.717, 1.165) is 37.6 Å². The maximum atomic E-state index is 11.8. The Morgan fingerprint density at radius 1 is 1.23 bits per heavy atom. The fourth-order valence-corrected chi connectivity index (χ4v) is 3.71. The van der Waals surface area contributed by atoms with Gasteiger partial charge in [-0.1, -0.05) is 36.4 Å². The summed E-state index contributed by atoms with van der Waals surface area (Å²) in [4.78, 5) is 19.0. The van der Waals surface area contributed by atoms with Crippen molar-refractivity contribution in [2.24, 2.45) is 4.99 Å². The highest BCUT2D eigenvalue weighted by molar-refractivity contribution is 14.0. The smallest absolute Gasteiger partial charge is 0.251 e. The summed E-state index contributed by atoms with van der Waals surface area (Å²) in [5.74, 6) is 0.853. The van der Waals surface area contributed by atoms with Crippen LogP contribution in [0.15, 0.2) is 53.5 Å². The van der Waals surface area contributed by atoms with Crippen LogP contribution in [-0.2, 0) is 11.2 Å². The second-order valence-corrected chi connectivity index (χ2v) is 7.43. The van der Waals surface area contributed by atoms with Crippen molar-refractivity contribution in [2.45, 2.75) is 26.4 Å². The predicted octanol–water partition coefficient (Wildman–Crippen LogP) is 3.55.